The zero-order valence-electron chi connectivity index (χ0n) is 23.7. The third kappa shape index (κ3) is 4.91. The van der Waals surface area contributed by atoms with Crippen molar-refractivity contribution < 1.29 is 14.6 Å². The predicted octanol–water partition coefficient (Wildman–Crippen LogP) is 1.63. The van der Waals surface area contributed by atoms with Crippen LogP contribution in [0.25, 0.3) is 28.1 Å². The Morgan fingerprint density at radius 3 is 2.42 bits per heavy atom. The van der Waals surface area contributed by atoms with Gasteiger partial charge in [0.15, 0.2) is 17.0 Å². The number of aryl methyl sites for hydroxylation is 2. The van der Waals surface area contributed by atoms with Crippen LogP contribution in [0.4, 0.5) is 5.82 Å². The van der Waals surface area contributed by atoms with Gasteiger partial charge in [-0.15, -0.1) is 0 Å². The summed E-state index contributed by atoms with van der Waals surface area (Å²) >= 11 is 0. The SMILES string of the molecule is CCc1nc2ccccc2n1-c1nc(N2CCOCC2)c2nc(C(=O)N3CCN(CC(C)(C)O)CC3)n(C)c2n1. The number of nitrogens with zero attached hydrogens (tertiary/aromatic N) is 9. The zero-order valence-corrected chi connectivity index (χ0v) is 23.7. The molecule has 0 bridgehead atoms. The van der Waals surface area contributed by atoms with Gasteiger partial charge in [-0.05, 0) is 26.0 Å². The van der Waals surface area contributed by atoms with Crippen LogP contribution in [0, 0.1) is 0 Å². The third-order valence-corrected chi connectivity index (χ3v) is 7.61. The number of carbonyl (C=O) groups excluding carboxylic acids is 1. The molecule has 2 aliphatic rings. The molecule has 12 heteroatoms. The van der Waals surface area contributed by atoms with Crippen LogP contribution in [-0.4, -0.2) is 115 Å². The number of carbonyl (C=O) groups is 1. The minimum absolute atomic E-state index is 0.125. The number of imidazole rings is 2. The van der Waals surface area contributed by atoms with E-state index < -0.39 is 5.60 Å². The van der Waals surface area contributed by atoms with Crippen molar-refractivity contribution >= 4 is 33.9 Å². The fourth-order valence-electron chi connectivity index (χ4n) is 5.66. The van der Waals surface area contributed by atoms with Gasteiger partial charge in [-0.3, -0.25) is 14.3 Å². The number of aromatic nitrogens is 6. The van der Waals surface area contributed by atoms with E-state index in [-0.39, 0.29) is 5.91 Å². The van der Waals surface area contributed by atoms with E-state index in [2.05, 4.69) is 16.7 Å². The summed E-state index contributed by atoms with van der Waals surface area (Å²) in [7, 11) is 1.85. The Bertz CT molecular complexity index is 1540. The van der Waals surface area contributed by atoms with Crippen LogP contribution in [-0.2, 0) is 18.2 Å². The number of hydrogen-bond donors (Lipinski definition) is 1. The highest BCUT2D eigenvalue weighted by Crippen LogP contribution is 2.29. The molecule has 4 aromatic rings. The molecule has 0 atom stereocenters. The molecule has 1 N–H and O–H groups in total. The molecule has 212 valence electrons. The minimum Gasteiger partial charge on any atom is -0.389 e. The number of morpholine rings is 1. The minimum atomic E-state index is -0.770. The summed E-state index contributed by atoms with van der Waals surface area (Å²) in [6, 6.07) is 7.99. The number of rotatable bonds is 6. The van der Waals surface area contributed by atoms with Gasteiger partial charge >= 0.3 is 0 Å². The Balaban J connectivity index is 1.41. The molecule has 2 aliphatic heterocycles. The molecule has 0 saturated carbocycles. The van der Waals surface area contributed by atoms with Gasteiger partial charge in [0, 0.05) is 59.3 Å². The lowest BCUT2D eigenvalue weighted by molar-refractivity contribution is 0.0175. The van der Waals surface area contributed by atoms with Crippen molar-refractivity contribution in [2.45, 2.75) is 32.8 Å². The largest absolute Gasteiger partial charge is 0.389 e. The average Bonchev–Trinajstić information content (AvgIpc) is 3.50. The van der Waals surface area contributed by atoms with Gasteiger partial charge in [0.1, 0.15) is 5.82 Å². The van der Waals surface area contributed by atoms with Crippen LogP contribution in [0.2, 0.25) is 0 Å². The Kier molecular flexibility index (Phi) is 6.93. The number of piperazine rings is 1. The highest BCUT2D eigenvalue weighted by molar-refractivity contribution is 5.96. The number of amides is 1. The molecular weight excluding hydrogens is 510 g/mol. The zero-order chi connectivity index (χ0) is 28.0. The van der Waals surface area contributed by atoms with Crippen LogP contribution in [0.5, 0.6) is 0 Å². The second kappa shape index (κ2) is 10.4. The first kappa shape index (κ1) is 26.6. The van der Waals surface area contributed by atoms with E-state index in [1.807, 2.05) is 40.8 Å². The molecule has 1 amide bonds. The Morgan fingerprint density at radius 2 is 1.73 bits per heavy atom. The standard InChI is InChI=1S/C28H37N9O3/c1-5-21-29-19-8-6-7-9-20(19)37(21)27-31-23-22(24(32-27)35-14-16-40-17-15-35)30-25(33(23)4)26(38)36-12-10-34(11-13-36)18-28(2,3)39/h6-9,39H,5,10-18H2,1-4H3. The average molecular weight is 548 g/mol. The van der Waals surface area contributed by atoms with E-state index in [0.717, 1.165) is 23.3 Å². The molecule has 3 aromatic heterocycles. The molecule has 0 aliphatic carbocycles. The van der Waals surface area contributed by atoms with Crippen molar-refractivity contribution in [3.8, 4) is 5.95 Å². The Morgan fingerprint density at radius 1 is 1.00 bits per heavy atom. The molecule has 0 unspecified atom stereocenters. The normalized spacial score (nSPS) is 17.3. The number of hydrogen-bond acceptors (Lipinski definition) is 9. The van der Waals surface area contributed by atoms with Crippen molar-refractivity contribution in [3.05, 3.63) is 35.9 Å². The molecule has 2 saturated heterocycles. The third-order valence-electron chi connectivity index (χ3n) is 7.61. The second-order valence-corrected chi connectivity index (χ2v) is 11.2. The molecule has 0 spiro atoms. The number of benzene rings is 1. The smallest absolute Gasteiger partial charge is 0.290 e. The number of β-amino-alcohol motifs (C(OH)–C–C–N with tert-alkyl or cyclic N) is 1. The number of para-hydroxylation sites is 2. The second-order valence-electron chi connectivity index (χ2n) is 11.2. The summed E-state index contributed by atoms with van der Waals surface area (Å²) in [5, 5.41) is 10.2. The summed E-state index contributed by atoms with van der Waals surface area (Å²) in [6.45, 7) is 11.4. The van der Waals surface area contributed by atoms with Crippen molar-refractivity contribution in [2.24, 2.45) is 7.05 Å². The van der Waals surface area contributed by atoms with E-state index >= 15 is 0 Å². The highest BCUT2D eigenvalue weighted by atomic mass is 16.5. The molecule has 0 radical (unpaired) electrons. The van der Waals surface area contributed by atoms with E-state index in [1.54, 1.807) is 18.4 Å². The predicted molar refractivity (Wildman–Crippen MR) is 152 cm³/mol. The van der Waals surface area contributed by atoms with E-state index in [4.69, 9.17) is 24.7 Å². The van der Waals surface area contributed by atoms with Crippen LogP contribution in [0.3, 0.4) is 0 Å². The van der Waals surface area contributed by atoms with Gasteiger partial charge in [0.2, 0.25) is 11.8 Å². The maximum Gasteiger partial charge on any atom is 0.290 e. The van der Waals surface area contributed by atoms with Crippen LogP contribution in [0.15, 0.2) is 24.3 Å². The van der Waals surface area contributed by atoms with Crippen molar-refractivity contribution in [2.75, 3.05) is 63.9 Å². The Labute approximate surface area is 233 Å². The Hall–Kier alpha value is -3.61. The van der Waals surface area contributed by atoms with E-state index in [9.17, 15) is 9.90 Å². The summed E-state index contributed by atoms with van der Waals surface area (Å²) in [5.41, 5.74) is 2.28. The molecule has 5 heterocycles. The van der Waals surface area contributed by atoms with Gasteiger partial charge in [-0.2, -0.15) is 9.97 Å². The summed E-state index contributed by atoms with van der Waals surface area (Å²) in [4.78, 5) is 39.6. The van der Waals surface area contributed by atoms with Gasteiger partial charge in [-0.25, -0.2) is 9.97 Å². The van der Waals surface area contributed by atoms with Gasteiger partial charge in [-0.1, -0.05) is 19.1 Å². The maximum absolute atomic E-state index is 13.7. The summed E-state index contributed by atoms with van der Waals surface area (Å²) < 4.78 is 9.41. The lowest BCUT2D eigenvalue weighted by Gasteiger charge is -2.37. The monoisotopic (exact) mass is 547 g/mol. The topological polar surface area (TPSA) is 118 Å². The molecule has 40 heavy (non-hydrogen) atoms. The first-order valence-electron chi connectivity index (χ1n) is 14.0. The van der Waals surface area contributed by atoms with Crippen LogP contribution >= 0.6 is 0 Å². The molecular formula is C28H37N9O3. The number of anilines is 1. The van der Waals surface area contributed by atoms with Crippen LogP contribution < -0.4 is 4.90 Å². The van der Waals surface area contributed by atoms with E-state index in [0.29, 0.717) is 87.8 Å². The fraction of sp³-hybridized carbons (Fsp3) is 0.536. The number of fused-ring (bicyclic) bond motifs is 2. The first-order valence-corrected chi connectivity index (χ1v) is 14.0. The summed E-state index contributed by atoms with van der Waals surface area (Å²) in [6.07, 6.45) is 0.720. The van der Waals surface area contributed by atoms with Crippen molar-refractivity contribution in [1.82, 2.24) is 38.9 Å². The highest BCUT2D eigenvalue weighted by Gasteiger charge is 2.30. The van der Waals surface area contributed by atoms with Gasteiger partial charge < -0.3 is 24.2 Å². The lowest BCUT2D eigenvalue weighted by atomic mass is 10.1. The number of aliphatic hydroxyl groups is 1. The van der Waals surface area contributed by atoms with E-state index in [1.165, 1.54) is 0 Å². The molecule has 6 rings (SSSR count). The molecule has 2 fully saturated rings. The molecule has 1 aromatic carbocycles. The van der Waals surface area contributed by atoms with Gasteiger partial charge in [0.25, 0.3) is 5.91 Å². The number of ether oxygens (including phenoxy) is 1. The van der Waals surface area contributed by atoms with Crippen LogP contribution in [0.1, 0.15) is 37.2 Å². The maximum atomic E-state index is 13.7. The fourth-order valence-corrected chi connectivity index (χ4v) is 5.66. The van der Waals surface area contributed by atoms with Gasteiger partial charge in [0.05, 0.1) is 29.8 Å². The van der Waals surface area contributed by atoms with Crippen molar-refractivity contribution in [1.29, 1.82) is 0 Å². The first-order chi connectivity index (χ1) is 19.2. The summed E-state index contributed by atoms with van der Waals surface area (Å²) in [5.74, 6) is 2.31. The molecule has 12 nitrogen and oxygen atoms in total. The lowest BCUT2D eigenvalue weighted by Crippen LogP contribution is -2.52. The van der Waals surface area contributed by atoms with Crippen molar-refractivity contribution in [3.63, 3.8) is 0 Å². The quantitative estimate of drug-likeness (QED) is 0.384.